The van der Waals surface area contributed by atoms with Crippen molar-refractivity contribution >= 4 is 22.3 Å². The number of rotatable bonds is 10. The second-order valence-corrected chi connectivity index (χ2v) is 9.83. The summed E-state index contributed by atoms with van der Waals surface area (Å²) < 4.78 is 39.2. The lowest BCUT2D eigenvalue weighted by atomic mass is 9.98. The molecule has 222 valence electrons. The molecule has 13 heteroatoms. The number of pyridine rings is 1. The fraction of sp³-hybridized carbons (Fsp3) is 0.241. The minimum absolute atomic E-state index is 0.0697. The molecule has 0 fully saturated rings. The maximum absolute atomic E-state index is 14.4. The molecule has 1 atom stereocenters. The molecule has 0 saturated carbocycles. The molecule has 4 aromatic rings. The normalized spacial score (nSPS) is 11.9. The van der Waals surface area contributed by atoms with Gasteiger partial charge in [-0.05, 0) is 62.7 Å². The van der Waals surface area contributed by atoms with E-state index in [0.717, 1.165) is 29.1 Å². The van der Waals surface area contributed by atoms with Gasteiger partial charge in [-0.3, -0.25) is 10.1 Å². The number of halogens is 3. The predicted octanol–water partition coefficient (Wildman–Crippen LogP) is 5.40. The van der Waals surface area contributed by atoms with Gasteiger partial charge in [0, 0.05) is 34.8 Å². The molecule has 0 aliphatic heterocycles. The van der Waals surface area contributed by atoms with E-state index < -0.39 is 29.8 Å². The van der Waals surface area contributed by atoms with Crippen LogP contribution in [0.25, 0.3) is 33.4 Å². The lowest BCUT2D eigenvalue weighted by molar-refractivity contribution is -0.143. The van der Waals surface area contributed by atoms with E-state index in [9.17, 15) is 28.3 Å². The highest BCUT2D eigenvalue weighted by Crippen LogP contribution is 2.31. The first kappa shape index (κ1) is 31.8. The van der Waals surface area contributed by atoms with Gasteiger partial charge < -0.3 is 26.1 Å². The number of nitrogens with one attached hydrogen (secondary N) is 2. The molecule has 42 heavy (non-hydrogen) atoms. The Kier molecular flexibility index (Phi) is 10.0. The van der Waals surface area contributed by atoms with Gasteiger partial charge in [-0.15, -0.1) is 4.91 Å². The summed E-state index contributed by atoms with van der Waals surface area (Å²) >= 11 is 0. The first-order valence-electron chi connectivity index (χ1n) is 12.6. The van der Waals surface area contributed by atoms with E-state index in [0.29, 0.717) is 28.0 Å². The average molecular weight is 585 g/mol. The van der Waals surface area contributed by atoms with E-state index in [1.54, 1.807) is 6.07 Å². The third-order valence-corrected chi connectivity index (χ3v) is 5.69. The zero-order valence-corrected chi connectivity index (χ0v) is 23.2. The molecule has 6 N–H and O–H groups in total. The van der Waals surface area contributed by atoms with Crippen molar-refractivity contribution in [3.8, 4) is 11.1 Å². The Morgan fingerprint density at radius 2 is 1.86 bits per heavy atom. The van der Waals surface area contributed by atoms with Gasteiger partial charge in [0.15, 0.2) is 11.1 Å². The van der Waals surface area contributed by atoms with Crippen LogP contribution in [0, 0.1) is 16.5 Å². The number of benzene rings is 2. The highest BCUT2D eigenvalue weighted by Gasteiger charge is 2.24. The number of aliphatic hydroxyl groups is 2. The van der Waals surface area contributed by atoms with E-state index >= 15 is 0 Å². The van der Waals surface area contributed by atoms with Gasteiger partial charge in [-0.1, -0.05) is 19.2 Å². The lowest BCUT2D eigenvalue weighted by Crippen LogP contribution is -2.28. The van der Waals surface area contributed by atoms with Gasteiger partial charge in [0.25, 0.3) is 0 Å². The smallest absolute Gasteiger partial charge is 0.229 e. The number of aromatic nitrogens is 3. The van der Waals surface area contributed by atoms with Crippen molar-refractivity contribution < 1.29 is 28.2 Å². The molecule has 4 rings (SSSR count). The number of H-pyrrole nitrogens is 1. The zero-order valence-electron chi connectivity index (χ0n) is 23.2. The molecule has 1 unspecified atom stereocenters. The molecule has 10 nitrogen and oxygen atoms in total. The molecule has 0 saturated heterocycles. The van der Waals surface area contributed by atoms with Crippen LogP contribution in [0.1, 0.15) is 49.5 Å². The van der Waals surface area contributed by atoms with Crippen molar-refractivity contribution in [2.45, 2.75) is 45.4 Å². The molecule has 0 radical (unpaired) electrons. The summed E-state index contributed by atoms with van der Waals surface area (Å²) in [4.78, 5) is 20.0. The quantitative estimate of drug-likeness (QED) is 0.0942. The maximum atomic E-state index is 14.4. The number of alkyl halides is 1. The van der Waals surface area contributed by atoms with E-state index in [1.165, 1.54) is 27.0 Å². The second-order valence-electron chi connectivity index (χ2n) is 9.83. The van der Waals surface area contributed by atoms with Crippen LogP contribution in [0.15, 0.2) is 67.2 Å². The third-order valence-electron chi connectivity index (χ3n) is 5.69. The van der Waals surface area contributed by atoms with Gasteiger partial charge in [-0.25, -0.2) is 13.2 Å². The highest BCUT2D eigenvalue weighted by molar-refractivity contribution is 5.92. The topological polar surface area (TPSA) is 159 Å². The Labute approximate surface area is 239 Å². The van der Waals surface area contributed by atoms with Crippen molar-refractivity contribution in [2.24, 2.45) is 11.1 Å². The van der Waals surface area contributed by atoms with Crippen molar-refractivity contribution in [2.75, 3.05) is 0 Å². The van der Waals surface area contributed by atoms with Gasteiger partial charge in [0.1, 0.15) is 17.3 Å². The minimum atomic E-state index is -2.12. The molecule has 2 heterocycles. The number of fused-ring (bicyclic) bond motifs is 1. The number of hydrogen-bond acceptors (Lipinski definition) is 9. The number of hydrogen-bond donors (Lipinski definition) is 5. The van der Waals surface area contributed by atoms with Crippen molar-refractivity contribution in [1.29, 1.82) is 0 Å². The Morgan fingerprint density at radius 3 is 2.48 bits per heavy atom. The first-order chi connectivity index (χ1) is 19.7. The Morgan fingerprint density at radius 1 is 1.17 bits per heavy atom. The van der Waals surface area contributed by atoms with Crippen LogP contribution in [0.2, 0.25) is 0 Å². The van der Waals surface area contributed by atoms with Crippen molar-refractivity contribution in [3.63, 3.8) is 0 Å². The summed E-state index contributed by atoms with van der Waals surface area (Å²) in [6.45, 7) is 11.8. The van der Waals surface area contributed by atoms with Gasteiger partial charge in [0.2, 0.25) is 6.23 Å². The minimum Gasteiger partial charge on any atom is -0.397 e. The second kappa shape index (κ2) is 13.3. The Balaban J connectivity index is 0.00000114. The number of nitrogens with zero attached hydrogens (tertiary/aromatic N) is 3. The van der Waals surface area contributed by atoms with Crippen molar-refractivity contribution in [1.82, 2.24) is 20.5 Å². The maximum Gasteiger partial charge on any atom is 0.229 e. The van der Waals surface area contributed by atoms with Crippen LogP contribution < -0.4 is 11.1 Å². The summed E-state index contributed by atoms with van der Waals surface area (Å²) in [6.07, 6.45) is -0.965. The van der Waals surface area contributed by atoms with E-state index in [4.69, 9.17) is 10.6 Å². The largest absolute Gasteiger partial charge is 0.397 e. The van der Waals surface area contributed by atoms with Gasteiger partial charge in [0.05, 0.1) is 28.6 Å². The van der Waals surface area contributed by atoms with Gasteiger partial charge in [-0.2, -0.15) is 5.10 Å². The fourth-order valence-corrected chi connectivity index (χ4v) is 3.97. The summed E-state index contributed by atoms with van der Waals surface area (Å²) in [7, 11) is 0. The van der Waals surface area contributed by atoms with E-state index in [1.807, 2.05) is 18.2 Å². The molecule has 0 aliphatic rings. The van der Waals surface area contributed by atoms with Crippen LogP contribution in [-0.2, 0) is 11.3 Å². The van der Waals surface area contributed by atoms with E-state index in [2.05, 4.69) is 39.0 Å². The first-order valence-corrected chi connectivity index (χ1v) is 12.6. The Bertz CT molecular complexity index is 1600. The van der Waals surface area contributed by atoms with Gasteiger partial charge >= 0.3 is 0 Å². The molecular weight excluding hydrogens is 553 g/mol. The standard InChI is InChI=1S/C26H24F2N6O4.C3H7F/c1-13(29)24-18-6-4-15(9-22(18)32-33-24)16-8-19(23(30-12-16)11-26(3,35)36)14(2)31-25(38-34-37)20-10-17(27)5-7-21(20)28;1-3(2)4/h4-10,12,25,31,35-36H,1-2,11,29H2,3H3,(H,32,33);3H,1-2H3. The zero-order chi connectivity index (χ0) is 31.2. The molecule has 0 aliphatic carbocycles. The lowest BCUT2D eigenvalue weighted by Gasteiger charge is -2.22. The van der Waals surface area contributed by atoms with Crippen LogP contribution in [0.5, 0.6) is 0 Å². The molecule has 2 aromatic carbocycles. The molecule has 0 amide bonds. The van der Waals surface area contributed by atoms with Crippen LogP contribution >= 0.6 is 0 Å². The Hall–Kier alpha value is -4.75. The molecule has 0 bridgehead atoms. The van der Waals surface area contributed by atoms with Crippen LogP contribution in [0.3, 0.4) is 0 Å². The van der Waals surface area contributed by atoms with Crippen molar-refractivity contribution in [3.05, 3.63) is 101 Å². The summed E-state index contributed by atoms with van der Waals surface area (Å²) in [5.74, 6) is -3.73. The number of nitrogens with two attached hydrogens (primary N) is 1. The molecule has 0 spiro atoms. The average Bonchev–Trinajstić information content (AvgIpc) is 3.32. The van der Waals surface area contributed by atoms with Crippen LogP contribution in [-0.4, -0.2) is 37.4 Å². The SMILES string of the molecule is C=C(NC(ON=O)c1cc(F)ccc1F)c1cc(-c2ccc3c(C(=C)N)n[nH]c3c2)cnc1CC(C)(O)O.CC(C)F. The van der Waals surface area contributed by atoms with E-state index in [-0.39, 0.29) is 23.4 Å². The molecular formula is C29H31F3N6O4. The number of aromatic amines is 1. The predicted molar refractivity (Wildman–Crippen MR) is 153 cm³/mol. The summed E-state index contributed by atoms with van der Waals surface area (Å²) in [6, 6.07) is 9.75. The fourth-order valence-electron chi connectivity index (χ4n) is 3.97. The summed E-state index contributed by atoms with van der Waals surface area (Å²) in [5, 5.41) is 32.9. The highest BCUT2D eigenvalue weighted by atomic mass is 19.1. The molecule has 2 aromatic heterocycles. The third kappa shape index (κ3) is 8.15. The van der Waals surface area contributed by atoms with Crippen LogP contribution in [0.4, 0.5) is 13.2 Å². The monoisotopic (exact) mass is 584 g/mol. The summed E-state index contributed by atoms with van der Waals surface area (Å²) in [5.41, 5.74) is 8.92.